The molecule has 1 fully saturated rings. The van der Waals surface area contributed by atoms with Gasteiger partial charge in [0.2, 0.25) is 5.13 Å². The Morgan fingerprint density at radius 2 is 2.07 bits per heavy atom. The number of hydrogen-bond donors (Lipinski definition) is 2. The summed E-state index contributed by atoms with van der Waals surface area (Å²) in [6.45, 7) is 4.49. The summed E-state index contributed by atoms with van der Waals surface area (Å²) in [7, 11) is 0. The molecule has 1 aromatic carbocycles. The van der Waals surface area contributed by atoms with Gasteiger partial charge in [-0.25, -0.2) is 4.79 Å². The molecule has 0 bridgehead atoms. The van der Waals surface area contributed by atoms with Crippen LogP contribution in [-0.4, -0.2) is 40.8 Å². The molecule has 1 saturated heterocycles. The van der Waals surface area contributed by atoms with Gasteiger partial charge in [-0.2, -0.15) is 0 Å². The van der Waals surface area contributed by atoms with Gasteiger partial charge in [-0.1, -0.05) is 35.1 Å². The van der Waals surface area contributed by atoms with Gasteiger partial charge >= 0.3 is 6.03 Å². The Hall–Kier alpha value is -3.00. The van der Waals surface area contributed by atoms with E-state index in [0.717, 1.165) is 47.5 Å². The molecule has 0 saturated carbocycles. The summed E-state index contributed by atoms with van der Waals surface area (Å²) >= 11 is 1.56. The second-order valence-corrected chi connectivity index (χ2v) is 8.22. The lowest BCUT2D eigenvalue weighted by molar-refractivity contribution is 0.249. The Balaban J connectivity index is 1.30. The first-order chi connectivity index (χ1) is 14.2. The normalized spacial score (nSPS) is 16.4. The van der Waals surface area contributed by atoms with Gasteiger partial charge in [0.15, 0.2) is 5.01 Å². The molecule has 0 aliphatic carbocycles. The van der Waals surface area contributed by atoms with E-state index in [2.05, 4.69) is 30.7 Å². The number of nitrogens with one attached hydrogen (secondary N) is 2. The molecule has 1 aliphatic heterocycles. The van der Waals surface area contributed by atoms with Crippen LogP contribution in [0.1, 0.15) is 18.4 Å². The van der Waals surface area contributed by atoms with Crippen molar-refractivity contribution < 1.29 is 4.79 Å². The van der Waals surface area contributed by atoms with E-state index in [0.29, 0.717) is 12.5 Å². The summed E-state index contributed by atoms with van der Waals surface area (Å²) in [5.74, 6) is 0.384. The molecule has 3 heterocycles. The van der Waals surface area contributed by atoms with E-state index in [-0.39, 0.29) is 6.03 Å². The lowest BCUT2D eigenvalue weighted by Gasteiger charge is -2.32. The van der Waals surface area contributed by atoms with Gasteiger partial charge in [-0.05, 0) is 49.9 Å². The SMILES string of the molecule is Cc1ccc(NC(=O)NCC2CCCN(c3nnc(-c4ccccn4)s3)C2)cc1. The van der Waals surface area contributed by atoms with Crippen molar-refractivity contribution in [3.05, 3.63) is 54.2 Å². The summed E-state index contributed by atoms with van der Waals surface area (Å²) in [6.07, 6.45) is 3.93. The van der Waals surface area contributed by atoms with Gasteiger partial charge in [0, 0.05) is 31.5 Å². The van der Waals surface area contributed by atoms with Crippen LogP contribution in [0.15, 0.2) is 48.7 Å². The maximum Gasteiger partial charge on any atom is 0.319 e. The molecule has 2 aromatic heterocycles. The molecule has 7 nitrogen and oxygen atoms in total. The van der Waals surface area contributed by atoms with Crippen molar-refractivity contribution in [3.8, 4) is 10.7 Å². The zero-order valence-corrected chi connectivity index (χ0v) is 17.2. The number of pyridine rings is 1. The number of amides is 2. The highest BCUT2D eigenvalue weighted by atomic mass is 32.1. The zero-order valence-electron chi connectivity index (χ0n) is 16.3. The number of aromatic nitrogens is 3. The molecule has 1 atom stereocenters. The summed E-state index contributed by atoms with van der Waals surface area (Å²) in [6, 6.07) is 13.4. The van der Waals surface area contributed by atoms with Gasteiger partial charge in [0.25, 0.3) is 0 Å². The number of carbonyl (C=O) groups excluding carboxylic acids is 1. The van der Waals surface area contributed by atoms with Crippen molar-refractivity contribution in [2.75, 3.05) is 29.9 Å². The number of benzene rings is 1. The van der Waals surface area contributed by atoms with Crippen molar-refractivity contribution >= 4 is 28.2 Å². The van der Waals surface area contributed by atoms with E-state index < -0.39 is 0 Å². The number of aryl methyl sites for hydroxylation is 1. The lowest BCUT2D eigenvalue weighted by atomic mass is 9.98. The first-order valence-corrected chi connectivity index (χ1v) is 10.6. The molecule has 1 unspecified atom stereocenters. The van der Waals surface area contributed by atoms with Crippen LogP contribution in [-0.2, 0) is 0 Å². The predicted octanol–water partition coefficient (Wildman–Crippen LogP) is 3.95. The zero-order chi connectivity index (χ0) is 20.1. The number of urea groups is 1. The Bertz CT molecular complexity index is 943. The van der Waals surface area contributed by atoms with Crippen molar-refractivity contribution in [2.24, 2.45) is 5.92 Å². The van der Waals surface area contributed by atoms with Crippen molar-refractivity contribution in [3.63, 3.8) is 0 Å². The van der Waals surface area contributed by atoms with Gasteiger partial charge in [0.1, 0.15) is 5.69 Å². The van der Waals surface area contributed by atoms with Crippen LogP contribution in [0.3, 0.4) is 0 Å². The van der Waals surface area contributed by atoms with Gasteiger partial charge < -0.3 is 15.5 Å². The maximum absolute atomic E-state index is 12.2. The third-order valence-corrected chi connectivity index (χ3v) is 5.96. The third-order valence-electron chi connectivity index (χ3n) is 4.95. The highest BCUT2D eigenvalue weighted by Crippen LogP contribution is 2.30. The van der Waals surface area contributed by atoms with Crippen LogP contribution in [0.4, 0.5) is 15.6 Å². The second kappa shape index (κ2) is 9.00. The van der Waals surface area contributed by atoms with Gasteiger partial charge in [-0.15, -0.1) is 10.2 Å². The number of carbonyl (C=O) groups is 1. The molecule has 8 heteroatoms. The van der Waals surface area contributed by atoms with Crippen LogP contribution < -0.4 is 15.5 Å². The summed E-state index contributed by atoms with van der Waals surface area (Å²) in [5.41, 5.74) is 2.81. The lowest BCUT2D eigenvalue weighted by Crippen LogP contribution is -2.42. The highest BCUT2D eigenvalue weighted by molar-refractivity contribution is 7.18. The first-order valence-electron chi connectivity index (χ1n) is 9.79. The Morgan fingerprint density at radius 3 is 2.86 bits per heavy atom. The minimum absolute atomic E-state index is 0.167. The Morgan fingerprint density at radius 1 is 1.21 bits per heavy atom. The van der Waals surface area contributed by atoms with E-state index in [4.69, 9.17) is 0 Å². The molecule has 29 heavy (non-hydrogen) atoms. The van der Waals surface area contributed by atoms with Gasteiger partial charge in [-0.3, -0.25) is 4.98 Å². The fraction of sp³-hybridized carbons (Fsp3) is 0.333. The molecule has 150 valence electrons. The van der Waals surface area contributed by atoms with Crippen molar-refractivity contribution in [2.45, 2.75) is 19.8 Å². The van der Waals surface area contributed by atoms with Crippen LogP contribution in [0.5, 0.6) is 0 Å². The largest absolute Gasteiger partial charge is 0.346 e. The quantitative estimate of drug-likeness (QED) is 0.668. The predicted molar refractivity (Wildman–Crippen MR) is 116 cm³/mol. The average molecular weight is 409 g/mol. The maximum atomic E-state index is 12.2. The molecular weight excluding hydrogens is 384 g/mol. The standard InChI is InChI=1S/C21H24N6OS/c1-15-7-9-17(10-8-15)24-20(28)23-13-16-5-4-12-27(14-16)21-26-25-19(29-21)18-6-2-3-11-22-18/h2-3,6-11,16H,4-5,12-14H2,1H3,(H2,23,24,28). The Labute approximate surface area is 174 Å². The second-order valence-electron chi connectivity index (χ2n) is 7.26. The van der Waals surface area contributed by atoms with Crippen LogP contribution in [0.2, 0.25) is 0 Å². The van der Waals surface area contributed by atoms with Crippen molar-refractivity contribution in [1.29, 1.82) is 0 Å². The van der Waals surface area contributed by atoms with E-state index in [1.165, 1.54) is 5.56 Å². The smallest absolute Gasteiger partial charge is 0.319 e. The average Bonchev–Trinajstić information content (AvgIpc) is 3.25. The number of rotatable bonds is 5. The number of hydrogen-bond acceptors (Lipinski definition) is 6. The minimum atomic E-state index is -0.167. The fourth-order valence-electron chi connectivity index (χ4n) is 3.39. The molecule has 4 rings (SSSR count). The third kappa shape index (κ3) is 5.08. The topological polar surface area (TPSA) is 83.0 Å². The molecular formula is C21H24N6OS. The van der Waals surface area contributed by atoms with Crippen molar-refractivity contribution in [1.82, 2.24) is 20.5 Å². The fourth-order valence-corrected chi connectivity index (χ4v) is 4.25. The summed E-state index contributed by atoms with van der Waals surface area (Å²) in [5, 5.41) is 16.3. The first kappa shape index (κ1) is 19.3. The minimum Gasteiger partial charge on any atom is -0.346 e. The molecule has 1 aliphatic rings. The van der Waals surface area contributed by atoms with E-state index in [9.17, 15) is 4.79 Å². The molecule has 3 aromatic rings. The monoisotopic (exact) mass is 408 g/mol. The van der Waals surface area contributed by atoms with E-state index >= 15 is 0 Å². The highest BCUT2D eigenvalue weighted by Gasteiger charge is 2.23. The van der Waals surface area contributed by atoms with E-state index in [1.54, 1.807) is 17.5 Å². The van der Waals surface area contributed by atoms with E-state index in [1.807, 2.05) is 49.4 Å². The number of piperidine rings is 1. The van der Waals surface area contributed by atoms with Crippen LogP contribution in [0.25, 0.3) is 10.7 Å². The van der Waals surface area contributed by atoms with Gasteiger partial charge in [0.05, 0.1) is 0 Å². The Kier molecular flexibility index (Phi) is 6.00. The van der Waals surface area contributed by atoms with Crippen LogP contribution >= 0.6 is 11.3 Å². The molecule has 2 amide bonds. The molecule has 0 radical (unpaired) electrons. The number of nitrogens with zero attached hydrogens (tertiary/aromatic N) is 4. The summed E-state index contributed by atoms with van der Waals surface area (Å²) in [4.78, 5) is 18.8. The summed E-state index contributed by atoms with van der Waals surface area (Å²) < 4.78 is 0. The molecule has 0 spiro atoms. The number of anilines is 2. The molecule has 2 N–H and O–H groups in total. The van der Waals surface area contributed by atoms with Crippen LogP contribution in [0, 0.1) is 12.8 Å².